The van der Waals surface area contributed by atoms with E-state index in [0.717, 1.165) is 5.69 Å². The van der Waals surface area contributed by atoms with Gasteiger partial charge in [0.05, 0.1) is 0 Å². The lowest BCUT2D eigenvalue weighted by Gasteiger charge is -2.14. The van der Waals surface area contributed by atoms with Gasteiger partial charge < -0.3 is 16.0 Å². The van der Waals surface area contributed by atoms with Gasteiger partial charge in [-0.15, -0.1) is 0 Å². The highest BCUT2D eigenvalue weighted by Crippen LogP contribution is 2.19. The third-order valence-corrected chi connectivity index (χ3v) is 4.23. The van der Waals surface area contributed by atoms with Gasteiger partial charge in [-0.2, -0.15) is 0 Å². The lowest BCUT2D eigenvalue weighted by atomic mass is 10.1. The van der Waals surface area contributed by atoms with Crippen molar-refractivity contribution in [2.24, 2.45) is 5.92 Å². The maximum Gasteiger partial charge on any atom is 0.321 e. The van der Waals surface area contributed by atoms with Crippen LogP contribution in [0.3, 0.4) is 0 Å². The molecule has 0 bridgehead atoms. The first-order valence-electron chi connectivity index (χ1n) is 8.82. The van der Waals surface area contributed by atoms with E-state index in [4.69, 9.17) is 0 Å². The summed E-state index contributed by atoms with van der Waals surface area (Å²) in [5.41, 5.74) is 2.56. The molecule has 0 saturated carbocycles. The molecule has 4 amide bonds. The monoisotopic (exact) mass is 366 g/mol. The number of rotatable bonds is 5. The van der Waals surface area contributed by atoms with Crippen LogP contribution in [0.4, 0.5) is 21.9 Å². The van der Waals surface area contributed by atoms with Gasteiger partial charge in [0.2, 0.25) is 5.91 Å². The van der Waals surface area contributed by atoms with Gasteiger partial charge in [0, 0.05) is 41.6 Å². The smallest absolute Gasteiger partial charge is 0.321 e. The van der Waals surface area contributed by atoms with E-state index in [1.54, 1.807) is 53.4 Å². The van der Waals surface area contributed by atoms with Crippen molar-refractivity contribution in [1.29, 1.82) is 0 Å². The largest absolute Gasteiger partial charge is 0.336 e. The van der Waals surface area contributed by atoms with Crippen LogP contribution < -0.4 is 20.9 Å². The molecule has 2 aromatic carbocycles. The van der Waals surface area contributed by atoms with Gasteiger partial charge in [-0.25, -0.2) is 4.79 Å². The molecule has 3 rings (SSSR count). The number of nitrogens with zero attached hydrogens (tertiary/aromatic N) is 1. The highest BCUT2D eigenvalue weighted by atomic mass is 16.2. The van der Waals surface area contributed by atoms with Crippen molar-refractivity contribution in [3.8, 4) is 0 Å². The van der Waals surface area contributed by atoms with Crippen molar-refractivity contribution in [3.63, 3.8) is 0 Å². The van der Waals surface area contributed by atoms with Gasteiger partial charge in [0.15, 0.2) is 0 Å². The average Bonchev–Trinajstić information content (AvgIpc) is 3.09. The second-order valence-electron chi connectivity index (χ2n) is 6.61. The predicted molar refractivity (Wildman–Crippen MR) is 105 cm³/mol. The first kappa shape index (κ1) is 18.4. The zero-order valence-corrected chi connectivity index (χ0v) is 15.3. The first-order valence-corrected chi connectivity index (χ1v) is 8.82. The molecule has 7 heteroatoms. The standard InChI is InChI=1S/C20H22N4O3/c1-13(2)18(25)22-15-5-7-16(8-6-15)23-19(26)14-3-9-17(10-4-14)24-12-11-21-20(24)27/h3-10,13H,11-12H2,1-2H3,(H,21,27)(H,22,25)(H,23,26). The number of anilines is 3. The summed E-state index contributed by atoms with van der Waals surface area (Å²) in [4.78, 5) is 37.4. The fourth-order valence-electron chi connectivity index (χ4n) is 2.64. The summed E-state index contributed by atoms with van der Waals surface area (Å²) < 4.78 is 0. The lowest BCUT2D eigenvalue weighted by molar-refractivity contribution is -0.118. The second kappa shape index (κ2) is 7.90. The van der Waals surface area contributed by atoms with Crippen molar-refractivity contribution in [2.45, 2.75) is 13.8 Å². The van der Waals surface area contributed by atoms with Crippen LogP contribution in [0.15, 0.2) is 48.5 Å². The van der Waals surface area contributed by atoms with Crippen molar-refractivity contribution >= 4 is 34.9 Å². The van der Waals surface area contributed by atoms with E-state index in [2.05, 4.69) is 16.0 Å². The van der Waals surface area contributed by atoms with Crippen LogP contribution in [-0.2, 0) is 4.79 Å². The van der Waals surface area contributed by atoms with Crippen molar-refractivity contribution in [2.75, 3.05) is 28.6 Å². The molecule has 27 heavy (non-hydrogen) atoms. The molecule has 140 valence electrons. The minimum absolute atomic E-state index is 0.0569. The minimum atomic E-state index is -0.244. The Balaban J connectivity index is 1.61. The molecule has 0 aliphatic carbocycles. The fraction of sp³-hybridized carbons (Fsp3) is 0.250. The number of carbonyl (C=O) groups excluding carboxylic acids is 3. The van der Waals surface area contributed by atoms with Crippen LogP contribution in [0.25, 0.3) is 0 Å². The molecule has 0 unspecified atom stereocenters. The summed E-state index contributed by atoms with van der Waals surface area (Å²) in [6.45, 7) is 4.88. The summed E-state index contributed by atoms with van der Waals surface area (Å²) in [7, 11) is 0. The topological polar surface area (TPSA) is 90.5 Å². The summed E-state index contributed by atoms with van der Waals surface area (Å²) in [5.74, 6) is -0.399. The van der Waals surface area contributed by atoms with Gasteiger partial charge in [-0.3, -0.25) is 14.5 Å². The maximum absolute atomic E-state index is 12.4. The number of hydrogen-bond donors (Lipinski definition) is 3. The van der Waals surface area contributed by atoms with Crippen LogP contribution >= 0.6 is 0 Å². The molecule has 0 aromatic heterocycles. The van der Waals surface area contributed by atoms with E-state index in [1.807, 2.05) is 13.8 Å². The number of urea groups is 1. The SMILES string of the molecule is CC(C)C(=O)Nc1ccc(NC(=O)c2ccc(N3CCNC3=O)cc2)cc1. The Labute approximate surface area is 157 Å². The fourth-order valence-corrected chi connectivity index (χ4v) is 2.64. The predicted octanol–water partition coefficient (Wildman–Crippen LogP) is 3.06. The zero-order valence-electron chi connectivity index (χ0n) is 15.3. The Bertz CT molecular complexity index is 845. The number of carbonyl (C=O) groups is 3. The molecular weight excluding hydrogens is 344 g/mol. The van der Waals surface area contributed by atoms with E-state index in [0.29, 0.717) is 30.0 Å². The van der Waals surface area contributed by atoms with Crippen LogP contribution in [0.2, 0.25) is 0 Å². The van der Waals surface area contributed by atoms with E-state index < -0.39 is 0 Å². The van der Waals surface area contributed by atoms with Gasteiger partial charge >= 0.3 is 6.03 Å². The van der Waals surface area contributed by atoms with Crippen LogP contribution in [-0.4, -0.2) is 30.9 Å². The highest BCUT2D eigenvalue weighted by molar-refractivity contribution is 6.05. The van der Waals surface area contributed by atoms with Gasteiger partial charge in [-0.05, 0) is 48.5 Å². The first-order chi connectivity index (χ1) is 12.9. The summed E-state index contributed by atoms with van der Waals surface area (Å²) in [6, 6.07) is 13.7. The molecule has 3 N–H and O–H groups in total. The van der Waals surface area contributed by atoms with Gasteiger partial charge in [0.25, 0.3) is 5.91 Å². The van der Waals surface area contributed by atoms with Gasteiger partial charge in [0.1, 0.15) is 0 Å². The molecule has 1 aliphatic rings. The van der Waals surface area contributed by atoms with E-state index in [1.165, 1.54) is 0 Å². The molecule has 1 saturated heterocycles. The molecule has 7 nitrogen and oxygen atoms in total. The number of hydrogen-bond acceptors (Lipinski definition) is 3. The third-order valence-electron chi connectivity index (χ3n) is 4.23. The molecule has 0 radical (unpaired) electrons. The Morgan fingerprint density at radius 2 is 1.56 bits per heavy atom. The zero-order chi connectivity index (χ0) is 19.4. The lowest BCUT2D eigenvalue weighted by Crippen LogP contribution is -2.27. The van der Waals surface area contributed by atoms with E-state index in [9.17, 15) is 14.4 Å². The molecular formula is C20H22N4O3. The number of amides is 4. The molecule has 1 fully saturated rings. The Hall–Kier alpha value is -3.35. The summed E-state index contributed by atoms with van der Waals surface area (Å²) in [5, 5.41) is 8.36. The summed E-state index contributed by atoms with van der Waals surface area (Å²) >= 11 is 0. The second-order valence-corrected chi connectivity index (χ2v) is 6.61. The maximum atomic E-state index is 12.4. The van der Waals surface area contributed by atoms with E-state index >= 15 is 0 Å². The molecule has 0 atom stereocenters. The highest BCUT2D eigenvalue weighted by Gasteiger charge is 2.21. The number of nitrogens with one attached hydrogen (secondary N) is 3. The third kappa shape index (κ3) is 4.44. The minimum Gasteiger partial charge on any atom is -0.336 e. The summed E-state index contributed by atoms with van der Waals surface area (Å²) in [6.07, 6.45) is 0. The number of benzene rings is 2. The quantitative estimate of drug-likeness (QED) is 0.760. The molecule has 0 spiro atoms. The average molecular weight is 366 g/mol. The van der Waals surface area contributed by atoms with Crippen LogP contribution in [0, 0.1) is 5.92 Å². The van der Waals surface area contributed by atoms with E-state index in [-0.39, 0.29) is 23.8 Å². The molecule has 1 heterocycles. The van der Waals surface area contributed by atoms with Crippen molar-refractivity contribution in [3.05, 3.63) is 54.1 Å². The Morgan fingerprint density at radius 3 is 2.07 bits per heavy atom. The van der Waals surface area contributed by atoms with Crippen molar-refractivity contribution in [1.82, 2.24) is 5.32 Å². The molecule has 1 aliphatic heterocycles. The Morgan fingerprint density at radius 1 is 0.963 bits per heavy atom. The Kier molecular flexibility index (Phi) is 5.40. The van der Waals surface area contributed by atoms with Crippen LogP contribution in [0.5, 0.6) is 0 Å². The molecule has 2 aromatic rings. The normalized spacial score (nSPS) is 13.4. The van der Waals surface area contributed by atoms with Crippen molar-refractivity contribution < 1.29 is 14.4 Å². The van der Waals surface area contributed by atoms with Gasteiger partial charge in [-0.1, -0.05) is 13.8 Å². The van der Waals surface area contributed by atoms with Crippen LogP contribution in [0.1, 0.15) is 24.2 Å².